The summed E-state index contributed by atoms with van der Waals surface area (Å²) in [5.74, 6) is -1.62. The molecule has 0 radical (unpaired) electrons. The fourth-order valence-electron chi connectivity index (χ4n) is 3.27. The number of benzene rings is 1. The number of ether oxygens (including phenoxy) is 1. The zero-order chi connectivity index (χ0) is 21.0. The summed E-state index contributed by atoms with van der Waals surface area (Å²) in [6.45, 7) is 4.65. The van der Waals surface area contributed by atoms with Crippen LogP contribution >= 0.6 is 11.6 Å². The summed E-state index contributed by atoms with van der Waals surface area (Å²) in [6, 6.07) is 11.0. The van der Waals surface area contributed by atoms with E-state index in [4.69, 9.17) is 16.3 Å². The smallest absolute Gasteiger partial charge is 0.295 e. The number of pyridine rings is 1. The molecule has 1 N–H and O–H groups in total. The monoisotopic (exact) mass is 414 g/mol. The fraction of sp³-hybridized carbons (Fsp3) is 0.318. The van der Waals surface area contributed by atoms with Gasteiger partial charge >= 0.3 is 0 Å². The SMILES string of the molecule is CC(C)OCCCN1C(=O)C(=O)/C(=C(\O)c2ccc(Cl)cc2)C1c1ccccn1. The summed E-state index contributed by atoms with van der Waals surface area (Å²) in [7, 11) is 0. The molecule has 3 rings (SSSR count). The second kappa shape index (κ2) is 9.20. The zero-order valence-electron chi connectivity index (χ0n) is 16.3. The molecule has 6 nitrogen and oxygen atoms in total. The second-order valence-corrected chi connectivity index (χ2v) is 7.46. The van der Waals surface area contributed by atoms with Gasteiger partial charge < -0.3 is 14.7 Å². The molecule has 1 saturated heterocycles. The summed E-state index contributed by atoms with van der Waals surface area (Å²) in [4.78, 5) is 31.4. The molecule has 1 atom stereocenters. The highest BCUT2D eigenvalue weighted by atomic mass is 35.5. The Bertz CT molecular complexity index is 910. The van der Waals surface area contributed by atoms with E-state index in [2.05, 4.69) is 4.98 Å². The van der Waals surface area contributed by atoms with Crippen molar-refractivity contribution in [3.05, 3.63) is 70.5 Å². The van der Waals surface area contributed by atoms with Crippen LogP contribution in [0.15, 0.2) is 54.2 Å². The van der Waals surface area contributed by atoms with Gasteiger partial charge in [-0.05, 0) is 56.7 Å². The Hall–Kier alpha value is -2.70. The summed E-state index contributed by atoms with van der Waals surface area (Å²) in [6.07, 6.45) is 2.25. The summed E-state index contributed by atoms with van der Waals surface area (Å²) < 4.78 is 5.55. The van der Waals surface area contributed by atoms with Crippen LogP contribution in [0.5, 0.6) is 0 Å². The summed E-state index contributed by atoms with van der Waals surface area (Å²) >= 11 is 5.92. The molecule has 1 amide bonds. The van der Waals surface area contributed by atoms with E-state index < -0.39 is 17.7 Å². The first-order valence-electron chi connectivity index (χ1n) is 9.47. The van der Waals surface area contributed by atoms with Crippen LogP contribution in [0.25, 0.3) is 5.76 Å². The van der Waals surface area contributed by atoms with Gasteiger partial charge in [0.15, 0.2) is 0 Å². The van der Waals surface area contributed by atoms with E-state index in [-0.39, 0.29) is 17.4 Å². The van der Waals surface area contributed by atoms with Gasteiger partial charge in [0.2, 0.25) is 0 Å². The molecule has 0 saturated carbocycles. The number of hydrogen-bond acceptors (Lipinski definition) is 5. The number of nitrogens with zero attached hydrogens (tertiary/aromatic N) is 2. The standard InChI is InChI=1S/C22H23ClN2O4/c1-14(2)29-13-5-12-25-19(17-6-3-4-11-24-17)18(21(27)22(25)28)20(26)15-7-9-16(23)10-8-15/h3-4,6-11,14,19,26H,5,12-13H2,1-2H3/b20-18-. The van der Waals surface area contributed by atoms with E-state index >= 15 is 0 Å². The van der Waals surface area contributed by atoms with Gasteiger partial charge in [0.1, 0.15) is 11.8 Å². The number of aromatic nitrogens is 1. The highest BCUT2D eigenvalue weighted by Gasteiger charge is 2.46. The third-order valence-electron chi connectivity index (χ3n) is 4.62. The maximum Gasteiger partial charge on any atom is 0.295 e. The molecule has 7 heteroatoms. The molecule has 0 bridgehead atoms. The normalized spacial score (nSPS) is 18.6. The lowest BCUT2D eigenvalue weighted by atomic mass is 9.98. The van der Waals surface area contributed by atoms with Crippen LogP contribution in [0, 0.1) is 0 Å². The number of ketones is 1. The lowest BCUT2D eigenvalue weighted by Crippen LogP contribution is -2.31. The molecule has 1 fully saturated rings. The molecule has 2 heterocycles. The largest absolute Gasteiger partial charge is 0.507 e. The molecule has 1 unspecified atom stereocenters. The van der Waals surface area contributed by atoms with Gasteiger partial charge in [0.05, 0.1) is 17.4 Å². The summed E-state index contributed by atoms with van der Waals surface area (Å²) in [5.41, 5.74) is 0.962. The van der Waals surface area contributed by atoms with Crippen molar-refractivity contribution in [2.75, 3.05) is 13.2 Å². The Labute approximate surface area is 174 Å². The first-order valence-corrected chi connectivity index (χ1v) is 9.85. The average Bonchev–Trinajstić information content (AvgIpc) is 2.96. The number of carbonyl (C=O) groups is 2. The number of likely N-dealkylation sites (tertiary alicyclic amines) is 1. The lowest BCUT2D eigenvalue weighted by Gasteiger charge is -2.24. The van der Waals surface area contributed by atoms with E-state index in [0.29, 0.717) is 35.9 Å². The number of aliphatic hydroxyl groups is 1. The van der Waals surface area contributed by atoms with Gasteiger partial charge in [-0.2, -0.15) is 0 Å². The van der Waals surface area contributed by atoms with E-state index in [0.717, 1.165) is 0 Å². The molecule has 0 aliphatic carbocycles. The van der Waals surface area contributed by atoms with Crippen molar-refractivity contribution in [1.29, 1.82) is 0 Å². The molecule has 1 aliphatic heterocycles. The first-order chi connectivity index (χ1) is 13.9. The number of carbonyl (C=O) groups excluding carboxylic acids is 2. The van der Waals surface area contributed by atoms with Gasteiger partial charge in [-0.1, -0.05) is 17.7 Å². The highest BCUT2D eigenvalue weighted by molar-refractivity contribution is 6.46. The van der Waals surface area contributed by atoms with Crippen LogP contribution in [0.1, 0.15) is 37.6 Å². The summed E-state index contributed by atoms with van der Waals surface area (Å²) in [5, 5.41) is 11.4. The van der Waals surface area contributed by atoms with Crippen LogP contribution in [-0.4, -0.2) is 45.9 Å². The van der Waals surface area contributed by atoms with Gasteiger partial charge in [0, 0.05) is 29.9 Å². The second-order valence-electron chi connectivity index (χ2n) is 7.03. The van der Waals surface area contributed by atoms with Crippen molar-refractivity contribution in [1.82, 2.24) is 9.88 Å². The molecule has 0 spiro atoms. The molecule has 1 aromatic carbocycles. The zero-order valence-corrected chi connectivity index (χ0v) is 17.1. The Morgan fingerprint density at radius 3 is 2.55 bits per heavy atom. The van der Waals surface area contributed by atoms with Crippen molar-refractivity contribution in [3.63, 3.8) is 0 Å². The number of halogens is 1. The van der Waals surface area contributed by atoms with Crippen molar-refractivity contribution in [2.24, 2.45) is 0 Å². The minimum Gasteiger partial charge on any atom is -0.507 e. The highest BCUT2D eigenvalue weighted by Crippen LogP contribution is 2.38. The molecular weight excluding hydrogens is 392 g/mol. The van der Waals surface area contributed by atoms with E-state index in [1.54, 1.807) is 48.7 Å². The number of Topliss-reactive ketones (excluding diaryl/α,β-unsaturated/α-hetero) is 1. The van der Waals surface area contributed by atoms with Gasteiger partial charge in [-0.3, -0.25) is 14.6 Å². The van der Waals surface area contributed by atoms with Gasteiger partial charge in [0.25, 0.3) is 11.7 Å². The number of rotatable bonds is 7. The minimum absolute atomic E-state index is 0.0285. The Balaban J connectivity index is 1.99. The Morgan fingerprint density at radius 2 is 1.93 bits per heavy atom. The number of hydrogen-bond donors (Lipinski definition) is 1. The first kappa shape index (κ1) is 21.0. The molecule has 1 aromatic heterocycles. The maximum absolute atomic E-state index is 12.8. The van der Waals surface area contributed by atoms with Crippen LogP contribution < -0.4 is 0 Å². The van der Waals surface area contributed by atoms with Crippen LogP contribution in [-0.2, 0) is 14.3 Å². The number of aliphatic hydroxyl groups excluding tert-OH is 1. The van der Waals surface area contributed by atoms with Gasteiger partial charge in [-0.25, -0.2) is 0 Å². The topological polar surface area (TPSA) is 79.7 Å². The van der Waals surface area contributed by atoms with Crippen LogP contribution in [0.4, 0.5) is 0 Å². The fourth-order valence-corrected chi connectivity index (χ4v) is 3.40. The van der Waals surface area contributed by atoms with Crippen molar-refractivity contribution < 1.29 is 19.4 Å². The third-order valence-corrected chi connectivity index (χ3v) is 4.87. The van der Waals surface area contributed by atoms with Crippen LogP contribution in [0.3, 0.4) is 0 Å². The Morgan fingerprint density at radius 1 is 1.21 bits per heavy atom. The number of amides is 1. The molecule has 1 aliphatic rings. The lowest BCUT2D eigenvalue weighted by molar-refractivity contribution is -0.140. The third kappa shape index (κ3) is 4.66. The molecule has 152 valence electrons. The van der Waals surface area contributed by atoms with Crippen LogP contribution in [0.2, 0.25) is 5.02 Å². The minimum atomic E-state index is -0.758. The molecule has 2 aromatic rings. The van der Waals surface area contributed by atoms with Gasteiger partial charge in [-0.15, -0.1) is 0 Å². The molecular formula is C22H23ClN2O4. The quantitative estimate of drug-likeness (QED) is 0.321. The average molecular weight is 415 g/mol. The van der Waals surface area contributed by atoms with Crippen molar-refractivity contribution >= 4 is 29.1 Å². The predicted octanol–water partition coefficient (Wildman–Crippen LogP) is 3.97. The van der Waals surface area contributed by atoms with E-state index in [1.165, 1.54) is 4.90 Å². The van der Waals surface area contributed by atoms with E-state index in [1.807, 2.05) is 13.8 Å². The van der Waals surface area contributed by atoms with E-state index in [9.17, 15) is 14.7 Å². The predicted molar refractivity (Wildman–Crippen MR) is 110 cm³/mol. The molecule has 29 heavy (non-hydrogen) atoms. The Kier molecular flexibility index (Phi) is 6.67. The van der Waals surface area contributed by atoms with Crippen molar-refractivity contribution in [3.8, 4) is 0 Å². The van der Waals surface area contributed by atoms with Crippen molar-refractivity contribution in [2.45, 2.75) is 32.4 Å². The maximum atomic E-state index is 12.8.